The first-order valence-corrected chi connectivity index (χ1v) is 7.72. The van der Waals surface area contributed by atoms with Crippen molar-refractivity contribution in [2.45, 2.75) is 36.6 Å². The number of carbonyl (C=O) groups is 1. The third-order valence-electron chi connectivity index (χ3n) is 3.64. The number of nitro groups is 1. The first kappa shape index (κ1) is 15.8. The maximum atomic E-state index is 12.3. The second kappa shape index (κ2) is 6.89. The van der Waals surface area contributed by atoms with Crippen molar-refractivity contribution in [2.24, 2.45) is 0 Å². The SMILES string of the molecule is COc1cc([N+](=O)[O-])ccc1C(=O)NC1CCCCC1Br. The summed E-state index contributed by atoms with van der Waals surface area (Å²) in [7, 11) is 1.39. The van der Waals surface area contributed by atoms with Gasteiger partial charge in [-0.1, -0.05) is 28.8 Å². The van der Waals surface area contributed by atoms with E-state index in [0.29, 0.717) is 5.56 Å². The van der Waals surface area contributed by atoms with Crippen LogP contribution in [0.5, 0.6) is 5.75 Å². The monoisotopic (exact) mass is 356 g/mol. The highest BCUT2D eigenvalue weighted by Crippen LogP contribution is 2.27. The van der Waals surface area contributed by atoms with E-state index in [0.717, 1.165) is 25.7 Å². The number of nitrogens with one attached hydrogen (secondary N) is 1. The molecule has 0 bridgehead atoms. The Kier molecular flexibility index (Phi) is 5.17. The fourth-order valence-corrected chi connectivity index (χ4v) is 3.20. The topological polar surface area (TPSA) is 81.5 Å². The molecular formula is C14H17BrN2O4. The Labute approximate surface area is 131 Å². The minimum absolute atomic E-state index is 0.0751. The number of amides is 1. The fourth-order valence-electron chi connectivity index (χ4n) is 2.48. The largest absolute Gasteiger partial charge is 0.496 e. The molecule has 1 N–H and O–H groups in total. The van der Waals surface area contributed by atoms with Crippen LogP contribution in [-0.4, -0.2) is 28.8 Å². The third kappa shape index (κ3) is 3.72. The summed E-state index contributed by atoms with van der Waals surface area (Å²) in [6, 6.07) is 4.08. The van der Waals surface area contributed by atoms with E-state index in [9.17, 15) is 14.9 Å². The summed E-state index contributed by atoms with van der Waals surface area (Å²) < 4.78 is 5.10. The van der Waals surface area contributed by atoms with Crippen LogP contribution in [0.2, 0.25) is 0 Å². The maximum Gasteiger partial charge on any atom is 0.273 e. The highest BCUT2D eigenvalue weighted by atomic mass is 79.9. The molecule has 7 heteroatoms. The molecule has 1 fully saturated rings. The van der Waals surface area contributed by atoms with E-state index < -0.39 is 4.92 Å². The molecule has 2 atom stereocenters. The lowest BCUT2D eigenvalue weighted by Gasteiger charge is -2.28. The van der Waals surface area contributed by atoms with Crippen molar-refractivity contribution in [1.29, 1.82) is 0 Å². The number of non-ortho nitro benzene ring substituents is 1. The highest BCUT2D eigenvalue weighted by molar-refractivity contribution is 9.09. The van der Waals surface area contributed by atoms with Gasteiger partial charge in [-0.25, -0.2) is 0 Å². The van der Waals surface area contributed by atoms with Crippen LogP contribution in [0.15, 0.2) is 18.2 Å². The standard InChI is InChI=1S/C14H17BrN2O4/c1-21-13-8-9(17(19)20)6-7-10(13)14(18)16-12-5-3-2-4-11(12)15/h6-8,11-12H,2-5H2,1H3,(H,16,18). The van der Waals surface area contributed by atoms with Gasteiger partial charge in [0, 0.05) is 16.9 Å². The van der Waals surface area contributed by atoms with Gasteiger partial charge in [0.05, 0.1) is 23.7 Å². The molecule has 0 spiro atoms. The molecule has 1 aromatic carbocycles. The van der Waals surface area contributed by atoms with Crippen molar-refractivity contribution in [2.75, 3.05) is 7.11 Å². The Hall–Kier alpha value is -1.63. The first-order valence-electron chi connectivity index (χ1n) is 6.80. The lowest BCUT2D eigenvalue weighted by molar-refractivity contribution is -0.384. The molecule has 6 nitrogen and oxygen atoms in total. The molecule has 2 rings (SSSR count). The van der Waals surface area contributed by atoms with E-state index in [4.69, 9.17) is 4.74 Å². The normalized spacial score (nSPS) is 21.6. The van der Waals surface area contributed by atoms with Gasteiger partial charge in [0.1, 0.15) is 5.75 Å². The predicted molar refractivity (Wildman–Crippen MR) is 82.1 cm³/mol. The van der Waals surface area contributed by atoms with Gasteiger partial charge in [-0.05, 0) is 18.9 Å². The zero-order chi connectivity index (χ0) is 15.4. The van der Waals surface area contributed by atoms with Crippen LogP contribution in [-0.2, 0) is 0 Å². The van der Waals surface area contributed by atoms with Gasteiger partial charge in [-0.3, -0.25) is 14.9 Å². The van der Waals surface area contributed by atoms with E-state index in [-0.39, 0.29) is 28.2 Å². The molecule has 1 saturated carbocycles. The second-order valence-electron chi connectivity index (χ2n) is 5.02. The zero-order valence-electron chi connectivity index (χ0n) is 11.7. The lowest BCUT2D eigenvalue weighted by Crippen LogP contribution is -2.42. The quantitative estimate of drug-likeness (QED) is 0.510. The molecule has 21 heavy (non-hydrogen) atoms. The van der Waals surface area contributed by atoms with Gasteiger partial charge in [0.2, 0.25) is 0 Å². The second-order valence-corrected chi connectivity index (χ2v) is 6.20. The Morgan fingerprint density at radius 1 is 1.43 bits per heavy atom. The van der Waals surface area contributed by atoms with Gasteiger partial charge in [0.15, 0.2) is 0 Å². The Balaban J connectivity index is 2.16. The van der Waals surface area contributed by atoms with Crippen molar-refractivity contribution in [3.63, 3.8) is 0 Å². The average Bonchev–Trinajstić information content (AvgIpc) is 2.48. The summed E-state index contributed by atoms with van der Waals surface area (Å²) in [6.45, 7) is 0. The molecule has 0 aromatic heterocycles. The molecule has 0 radical (unpaired) electrons. The van der Waals surface area contributed by atoms with Crippen molar-refractivity contribution >= 4 is 27.5 Å². The number of halogens is 1. The van der Waals surface area contributed by atoms with Gasteiger partial charge in [-0.15, -0.1) is 0 Å². The molecule has 1 aliphatic rings. The molecule has 2 unspecified atom stereocenters. The van der Waals surface area contributed by atoms with Gasteiger partial charge in [0.25, 0.3) is 11.6 Å². The van der Waals surface area contributed by atoms with Crippen molar-refractivity contribution in [3.05, 3.63) is 33.9 Å². The Bertz CT molecular complexity index is 550. The molecule has 0 saturated heterocycles. The summed E-state index contributed by atoms with van der Waals surface area (Å²) >= 11 is 3.59. The van der Waals surface area contributed by atoms with Crippen molar-refractivity contribution in [1.82, 2.24) is 5.32 Å². The van der Waals surface area contributed by atoms with Crippen LogP contribution in [0.3, 0.4) is 0 Å². The van der Waals surface area contributed by atoms with Crippen LogP contribution >= 0.6 is 15.9 Å². The number of benzene rings is 1. The molecule has 1 amide bonds. The molecular weight excluding hydrogens is 340 g/mol. The van der Waals surface area contributed by atoms with Gasteiger partial charge >= 0.3 is 0 Å². The van der Waals surface area contributed by atoms with E-state index in [1.807, 2.05) is 0 Å². The minimum atomic E-state index is -0.514. The number of carbonyl (C=O) groups excluding carboxylic acids is 1. The number of rotatable bonds is 4. The summed E-state index contributed by atoms with van der Waals surface area (Å²) in [5.41, 5.74) is 0.216. The van der Waals surface area contributed by atoms with Gasteiger partial charge < -0.3 is 10.1 Å². The van der Waals surface area contributed by atoms with Crippen molar-refractivity contribution < 1.29 is 14.5 Å². The van der Waals surface area contributed by atoms with Crippen LogP contribution in [0.25, 0.3) is 0 Å². The van der Waals surface area contributed by atoms with Crippen LogP contribution < -0.4 is 10.1 Å². The molecule has 0 heterocycles. The molecule has 1 aromatic rings. The number of ether oxygens (including phenoxy) is 1. The Morgan fingerprint density at radius 2 is 2.14 bits per heavy atom. The highest BCUT2D eigenvalue weighted by Gasteiger charge is 2.26. The van der Waals surface area contributed by atoms with Crippen LogP contribution in [0.1, 0.15) is 36.0 Å². The zero-order valence-corrected chi connectivity index (χ0v) is 13.3. The summed E-state index contributed by atoms with van der Waals surface area (Å²) in [4.78, 5) is 22.8. The van der Waals surface area contributed by atoms with E-state index in [1.54, 1.807) is 0 Å². The lowest BCUT2D eigenvalue weighted by atomic mass is 9.95. The predicted octanol–water partition coefficient (Wildman–Crippen LogP) is 3.04. The molecule has 0 aliphatic heterocycles. The number of alkyl halides is 1. The van der Waals surface area contributed by atoms with E-state index in [1.165, 1.54) is 25.3 Å². The van der Waals surface area contributed by atoms with E-state index in [2.05, 4.69) is 21.2 Å². The number of nitrogens with zero attached hydrogens (tertiary/aromatic N) is 1. The smallest absolute Gasteiger partial charge is 0.273 e. The van der Waals surface area contributed by atoms with Crippen molar-refractivity contribution in [3.8, 4) is 5.75 Å². The van der Waals surface area contributed by atoms with E-state index >= 15 is 0 Å². The average molecular weight is 357 g/mol. The number of hydrogen-bond donors (Lipinski definition) is 1. The summed E-state index contributed by atoms with van der Waals surface area (Å²) in [5, 5.41) is 13.7. The summed E-state index contributed by atoms with van der Waals surface area (Å²) in [6.07, 6.45) is 4.20. The number of nitro benzene ring substituents is 1. The number of hydrogen-bond acceptors (Lipinski definition) is 4. The van der Waals surface area contributed by atoms with Gasteiger partial charge in [-0.2, -0.15) is 0 Å². The minimum Gasteiger partial charge on any atom is -0.496 e. The Morgan fingerprint density at radius 3 is 2.76 bits per heavy atom. The maximum absolute atomic E-state index is 12.3. The third-order valence-corrected chi connectivity index (χ3v) is 4.73. The molecule has 1 aliphatic carbocycles. The summed E-state index contributed by atoms with van der Waals surface area (Å²) in [5.74, 6) is -0.0540. The van der Waals surface area contributed by atoms with Crippen LogP contribution in [0.4, 0.5) is 5.69 Å². The molecule has 114 valence electrons. The first-order chi connectivity index (χ1) is 10.0. The number of methoxy groups -OCH3 is 1. The van der Waals surface area contributed by atoms with Crippen LogP contribution in [0, 0.1) is 10.1 Å². The fraction of sp³-hybridized carbons (Fsp3) is 0.500.